The van der Waals surface area contributed by atoms with E-state index in [1.807, 2.05) is 12.1 Å². The molecule has 0 saturated carbocycles. The first-order valence-electron chi connectivity index (χ1n) is 6.41. The molecular weight excluding hydrogens is 246 g/mol. The topological polar surface area (TPSA) is 60.0 Å². The Morgan fingerprint density at radius 2 is 2.00 bits per heavy atom. The van der Waals surface area contributed by atoms with Crippen molar-refractivity contribution in [3.05, 3.63) is 23.8 Å². The minimum Gasteiger partial charge on any atom is -0.504 e. The maximum atomic E-state index is 9.48. The number of aromatic hydroxyl groups is 1. The van der Waals surface area contributed by atoms with Gasteiger partial charge in [-0.15, -0.1) is 0 Å². The van der Waals surface area contributed by atoms with Crippen LogP contribution in [0.15, 0.2) is 18.2 Å². The summed E-state index contributed by atoms with van der Waals surface area (Å²) in [6, 6.07) is 5.35. The van der Waals surface area contributed by atoms with E-state index in [1.165, 1.54) is 0 Å². The van der Waals surface area contributed by atoms with E-state index < -0.39 is 0 Å². The zero-order valence-electron chi connectivity index (χ0n) is 11.6. The van der Waals surface area contributed by atoms with Crippen molar-refractivity contribution < 1.29 is 19.3 Å². The van der Waals surface area contributed by atoms with Crippen LogP contribution in [0.3, 0.4) is 0 Å². The van der Waals surface area contributed by atoms with Gasteiger partial charge in [-0.25, -0.2) is 0 Å². The Balaban J connectivity index is 2.12. The molecule has 0 saturated heterocycles. The SMILES string of the molecule is COCCOCCCNCc1ccc(O)c(OC)c1. The molecule has 108 valence electrons. The Morgan fingerprint density at radius 1 is 1.16 bits per heavy atom. The highest BCUT2D eigenvalue weighted by molar-refractivity contribution is 5.41. The number of hydrogen-bond acceptors (Lipinski definition) is 5. The van der Waals surface area contributed by atoms with Gasteiger partial charge in [0.05, 0.1) is 20.3 Å². The van der Waals surface area contributed by atoms with Crippen molar-refractivity contribution >= 4 is 0 Å². The summed E-state index contributed by atoms with van der Waals surface area (Å²) in [5, 5.41) is 12.8. The highest BCUT2D eigenvalue weighted by Gasteiger charge is 2.02. The van der Waals surface area contributed by atoms with Gasteiger partial charge in [-0.05, 0) is 30.7 Å². The first kappa shape index (κ1) is 15.8. The third kappa shape index (κ3) is 6.42. The Morgan fingerprint density at radius 3 is 2.74 bits per heavy atom. The lowest BCUT2D eigenvalue weighted by Gasteiger charge is -2.08. The van der Waals surface area contributed by atoms with Gasteiger partial charge in [0.15, 0.2) is 11.5 Å². The molecule has 0 atom stereocenters. The van der Waals surface area contributed by atoms with Crippen molar-refractivity contribution in [2.75, 3.05) is 40.6 Å². The lowest BCUT2D eigenvalue weighted by atomic mass is 10.2. The normalized spacial score (nSPS) is 10.6. The molecule has 0 spiro atoms. The number of phenols is 1. The van der Waals surface area contributed by atoms with E-state index in [2.05, 4.69) is 5.32 Å². The maximum Gasteiger partial charge on any atom is 0.160 e. The summed E-state index contributed by atoms with van der Waals surface area (Å²) in [5.74, 6) is 0.667. The Labute approximate surface area is 114 Å². The molecule has 19 heavy (non-hydrogen) atoms. The van der Waals surface area contributed by atoms with Crippen molar-refractivity contribution in [3.63, 3.8) is 0 Å². The van der Waals surface area contributed by atoms with E-state index in [0.717, 1.165) is 31.7 Å². The number of nitrogens with one attached hydrogen (secondary N) is 1. The highest BCUT2D eigenvalue weighted by Crippen LogP contribution is 2.25. The number of hydrogen-bond donors (Lipinski definition) is 2. The molecule has 1 aromatic rings. The molecule has 0 aliphatic carbocycles. The van der Waals surface area contributed by atoms with E-state index in [0.29, 0.717) is 19.0 Å². The number of methoxy groups -OCH3 is 2. The fourth-order valence-corrected chi connectivity index (χ4v) is 1.61. The Kier molecular flexibility index (Phi) is 7.97. The third-order valence-electron chi connectivity index (χ3n) is 2.65. The molecule has 0 heterocycles. The second kappa shape index (κ2) is 9.61. The molecule has 5 nitrogen and oxygen atoms in total. The van der Waals surface area contributed by atoms with Crippen LogP contribution in [-0.2, 0) is 16.0 Å². The first-order valence-corrected chi connectivity index (χ1v) is 6.41. The van der Waals surface area contributed by atoms with Crippen molar-refractivity contribution in [2.24, 2.45) is 0 Å². The van der Waals surface area contributed by atoms with Gasteiger partial charge in [-0.3, -0.25) is 0 Å². The van der Waals surface area contributed by atoms with Gasteiger partial charge >= 0.3 is 0 Å². The van der Waals surface area contributed by atoms with Gasteiger partial charge in [0.1, 0.15) is 0 Å². The fourth-order valence-electron chi connectivity index (χ4n) is 1.61. The smallest absolute Gasteiger partial charge is 0.160 e. The van der Waals surface area contributed by atoms with E-state index in [-0.39, 0.29) is 5.75 Å². The Hall–Kier alpha value is -1.30. The van der Waals surface area contributed by atoms with Crippen LogP contribution in [0.4, 0.5) is 0 Å². The highest BCUT2D eigenvalue weighted by atomic mass is 16.5. The zero-order valence-corrected chi connectivity index (χ0v) is 11.6. The van der Waals surface area contributed by atoms with E-state index in [1.54, 1.807) is 20.3 Å². The number of phenolic OH excluding ortho intramolecular Hbond substituents is 1. The molecule has 0 aliphatic heterocycles. The average molecular weight is 269 g/mol. The molecule has 2 N–H and O–H groups in total. The molecule has 0 amide bonds. The predicted molar refractivity (Wildman–Crippen MR) is 73.7 cm³/mol. The molecule has 0 radical (unpaired) electrons. The Bertz CT molecular complexity index is 357. The standard InChI is InChI=1S/C14H23NO4/c1-17-8-9-19-7-3-6-15-11-12-4-5-13(16)14(10-12)18-2/h4-5,10,15-16H,3,6-9,11H2,1-2H3. The van der Waals surface area contributed by atoms with Crippen molar-refractivity contribution in [3.8, 4) is 11.5 Å². The first-order chi connectivity index (χ1) is 9.27. The van der Waals surface area contributed by atoms with E-state index in [4.69, 9.17) is 14.2 Å². The summed E-state index contributed by atoms with van der Waals surface area (Å²) in [6.07, 6.45) is 0.957. The van der Waals surface area contributed by atoms with Crippen LogP contribution in [0.25, 0.3) is 0 Å². The van der Waals surface area contributed by atoms with E-state index >= 15 is 0 Å². The number of ether oxygens (including phenoxy) is 3. The minimum atomic E-state index is 0.165. The monoisotopic (exact) mass is 269 g/mol. The molecule has 0 fully saturated rings. The van der Waals surface area contributed by atoms with E-state index in [9.17, 15) is 5.11 Å². The van der Waals surface area contributed by atoms with Crippen molar-refractivity contribution in [1.82, 2.24) is 5.32 Å². The van der Waals surface area contributed by atoms with Gasteiger partial charge in [0.2, 0.25) is 0 Å². The molecule has 5 heteroatoms. The molecule has 1 aromatic carbocycles. The lowest BCUT2D eigenvalue weighted by Crippen LogP contribution is -2.16. The van der Waals surface area contributed by atoms with Gasteiger partial charge < -0.3 is 24.6 Å². The largest absolute Gasteiger partial charge is 0.504 e. The summed E-state index contributed by atoms with van der Waals surface area (Å²) < 4.78 is 15.3. The summed E-state index contributed by atoms with van der Waals surface area (Å²) >= 11 is 0. The zero-order chi connectivity index (χ0) is 13.9. The molecular formula is C14H23NO4. The summed E-state index contributed by atoms with van der Waals surface area (Å²) in [5.41, 5.74) is 1.08. The quantitative estimate of drug-likeness (QED) is 0.631. The van der Waals surface area contributed by atoms with Gasteiger partial charge in [0, 0.05) is 20.3 Å². The van der Waals surface area contributed by atoms with Crippen LogP contribution in [-0.4, -0.2) is 45.7 Å². The van der Waals surface area contributed by atoms with Crippen LogP contribution in [0.1, 0.15) is 12.0 Å². The maximum absolute atomic E-state index is 9.48. The van der Waals surface area contributed by atoms with Crippen molar-refractivity contribution in [2.45, 2.75) is 13.0 Å². The summed E-state index contributed by atoms with van der Waals surface area (Å²) in [4.78, 5) is 0. The molecule has 0 unspecified atom stereocenters. The van der Waals surface area contributed by atoms with Crippen LogP contribution < -0.4 is 10.1 Å². The van der Waals surface area contributed by atoms with Crippen molar-refractivity contribution in [1.29, 1.82) is 0 Å². The minimum absolute atomic E-state index is 0.165. The fraction of sp³-hybridized carbons (Fsp3) is 0.571. The predicted octanol–water partition coefficient (Wildman–Crippen LogP) is 1.54. The van der Waals surface area contributed by atoms with Gasteiger partial charge in [-0.1, -0.05) is 6.07 Å². The molecule has 0 aliphatic rings. The summed E-state index contributed by atoms with van der Waals surface area (Å²) in [7, 11) is 3.21. The number of rotatable bonds is 10. The molecule has 1 rings (SSSR count). The lowest BCUT2D eigenvalue weighted by molar-refractivity contribution is 0.0695. The van der Waals surface area contributed by atoms with Gasteiger partial charge in [-0.2, -0.15) is 0 Å². The third-order valence-corrected chi connectivity index (χ3v) is 2.65. The molecule has 0 aromatic heterocycles. The number of benzene rings is 1. The van der Waals surface area contributed by atoms with Crippen LogP contribution >= 0.6 is 0 Å². The molecule has 0 bridgehead atoms. The van der Waals surface area contributed by atoms with Crippen LogP contribution in [0, 0.1) is 0 Å². The second-order valence-corrected chi connectivity index (χ2v) is 4.14. The van der Waals surface area contributed by atoms with Crippen LogP contribution in [0.2, 0.25) is 0 Å². The van der Waals surface area contributed by atoms with Gasteiger partial charge in [0.25, 0.3) is 0 Å². The second-order valence-electron chi connectivity index (χ2n) is 4.14. The summed E-state index contributed by atoms with van der Waals surface area (Å²) in [6.45, 7) is 3.65. The average Bonchev–Trinajstić information content (AvgIpc) is 2.43. The van der Waals surface area contributed by atoms with Crippen LogP contribution in [0.5, 0.6) is 11.5 Å².